The molecule has 0 aromatic carbocycles. The van der Waals surface area contributed by atoms with Crippen LogP contribution in [0.4, 0.5) is 0 Å². The van der Waals surface area contributed by atoms with Gasteiger partial charge in [-0.15, -0.1) is 0 Å². The average molecular weight is 196 g/mol. The van der Waals surface area contributed by atoms with Crippen LogP contribution in [0.25, 0.3) is 0 Å². The van der Waals surface area contributed by atoms with E-state index in [1.54, 1.807) is 0 Å². The maximum Gasteiger partial charge on any atom is 0.355 e. The minimum Gasteiger partial charge on any atom is -0.478 e. The number of rotatable bonds is 3. The van der Waals surface area contributed by atoms with Crippen LogP contribution in [-0.4, -0.2) is 27.1 Å². The highest BCUT2D eigenvalue weighted by Crippen LogP contribution is 2.12. The van der Waals surface area contributed by atoms with Gasteiger partial charge in [-0.25, -0.2) is 14.6 Å². The van der Waals surface area contributed by atoms with Crippen molar-refractivity contribution >= 4 is 11.9 Å². The zero-order valence-electron chi connectivity index (χ0n) is 7.10. The second-order valence-electron chi connectivity index (χ2n) is 2.51. The normalized spacial score (nSPS) is 9.79. The summed E-state index contributed by atoms with van der Waals surface area (Å²) in [6.07, 6.45) is 1.22. The Balaban J connectivity index is 3.43. The lowest BCUT2D eigenvalue weighted by molar-refractivity contribution is 0.0645. The fourth-order valence-corrected chi connectivity index (χ4v) is 1.07. The van der Waals surface area contributed by atoms with E-state index in [1.807, 2.05) is 0 Å². The van der Waals surface area contributed by atoms with Crippen molar-refractivity contribution in [1.29, 1.82) is 0 Å². The first kappa shape index (κ1) is 10.1. The molecule has 4 N–H and O–H groups in total. The number of nitrogens with zero attached hydrogens (tertiary/aromatic N) is 1. The summed E-state index contributed by atoms with van der Waals surface area (Å²) in [6.45, 7) is -0.0373. The molecule has 0 atom stereocenters. The van der Waals surface area contributed by atoms with Crippen molar-refractivity contribution in [2.45, 2.75) is 6.54 Å². The van der Waals surface area contributed by atoms with E-state index in [-0.39, 0.29) is 17.7 Å². The minimum absolute atomic E-state index is 0.0373. The highest BCUT2D eigenvalue weighted by atomic mass is 16.4. The van der Waals surface area contributed by atoms with Crippen LogP contribution in [0.2, 0.25) is 0 Å². The molecule has 0 spiro atoms. The Morgan fingerprint density at radius 1 is 1.36 bits per heavy atom. The van der Waals surface area contributed by atoms with Gasteiger partial charge in [0.05, 0.1) is 5.56 Å². The Morgan fingerprint density at radius 3 is 2.43 bits per heavy atom. The predicted octanol–water partition coefficient (Wildman–Crippen LogP) is -0.0633. The van der Waals surface area contributed by atoms with Crippen LogP contribution in [0, 0.1) is 0 Å². The van der Waals surface area contributed by atoms with Gasteiger partial charge in [0.15, 0.2) is 5.69 Å². The molecule has 74 valence electrons. The van der Waals surface area contributed by atoms with Gasteiger partial charge in [0.1, 0.15) is 0 Å². The summed E-state index contributed by atoms with van der Waals surface area (Å²) in [4.78, 5) is 24.8. The number of hydrogen-bond acceptors (Lipinski definition) is 4. The van der Waals surface area contributed by atoms with Crippen LogP contribution >= 0.6 is 0 Å². The van der Waals surface area contributed by atoms with Gasteiger partial charge in [0.25, 0.3) is 0 Å². The maximum atomic E-state index is 10.7. The smallest absolute Gasteiger partial charge is 0.355 e. The molecule has 1 heterocycles. The van der Waals surface area contributed by atoms with Gasteiger partial charge < -0.3 is 15.9 Å². The molecule has 1 rings (SSSR count). The monoisotopic (exact) mass is 196 g/mol. The highest BCUT2D eigenvalue weighted by molar-refractivity contribution is 6.01. The Morgan fingerprint density at radius 2 is 2.00 bits per heavy atom. The molecule has 0 saturated heterocycles. The summed E-state index contributed by atoms with van der Waals surface area (Å²) in [5.74, 6) is -2.71. The van der Waals surface area contributed by atoms with Crippen molar-refractivity contribution < 1.29 is 19.8 Å². The number of carbonyl (C=O) groups is 2. The van der Waals surface area contributed by atoms with E-state index >= 15 is 0 Å². The van der Waals surface area contributed by atoms with Crippen LogP contribution in [0.5, 0.6) is 0 Å². The molecule has 0 aliphatic rings. The van der Waals surface area contributed by atoms with Crippen molar-refractivity contribution in [3.05, 3.63) is 29.1 Å². The SMILES string of the molecule is NCc1ccnc(C(=O)O)c1C(=O)O. The molecule has 0 radical (unpaired) electrons. The van der Waals surface area contributed by atoms with Crippen LogP contribution < -0.4 is 5.73 Å². The van der Waals surface area contributed by atoms with Gasteiger partial charge >= 0.3 is 11.9 Å². The summed E-state index contributed by atoms with van der Waals surface area (Å²) < 4.78 is 0. The van der Waals surface area contributed by atoms with Gasteiger partial charge in [-0.3, -0.25) is 0 Å². The van der Waals surface area contributed by atoms with Gasteiger partial charge in [-0.1, -0.05) is 0 Å². The number of nitrogens with two attached hydrogens (primary N) is 1. The molecule has 1 aromatic rings. The first-order chi connectivity index (χ1) is 6.57. The number of carboxylic acids is 2. The van der Waals surface area contributed by atoms with Crippen LogP contribution in [0.3, 0.4) is 0 Å². The van der Waals surface area contributed by atoms with Crippen molar-refractivity contribution in [2.24, 2.45) is 5.73 Å². The molecule has 0 fully saturated rings. The summed E-state index contributed by atoms with van der Waals surface area (Å²) in [5, 5.41) is 17.4. The largest absolute Gasteiger partial charge is 0.478 e. The Hall–Kier alpha value is -1.95. The summed E-state index contributed by atoms with van der Waals surface area (Å²) >= 11 is 0. The van der Waals surface area contributed by atoms with E-state index in [1.165, 1.54) is 12.3 Å². The molecule has 1 aromatic heterocycles. The molecule has 14 heavy (non-hydrogen) atoms. The lowest BCUT2D eigenvalue weighted by Gasteiger charge is -2.04. The van der Waals surface area contributed by atoms with Gasteiger partial charge in [-0.2, -0.15) is 0 Å². The van der Waals surface area contributed by atoms with Crippen LogP contribution in [0.1, 0.15) is 26.4 Å². The predicted molar refractivity (Wildman–Crippen MR) is 46.0 cm³/mol. The summed E-state index contributed by atoms with van der Waals surface area (Å²) in [6, 6.07) is 1.38. The first-order valence-corrected chi connectivity index (χ1v) is 3.72. The number of carboxylic acid groups (broad SMARTS) is 2. The molecule has 0 bridgehead atoms. The Labute approximate surface area is 79.0 Å². The third kappa shape index (κ3) is 1.69. The lowest BCUT2D eigenvalue weighted by atomic mass is 10.1. The number of pyridine rings is 1. The highest BCUT2D eigenvalue weighted by Gasteiger charge is 2.20. The number of aromatic nitrogens is 1. The third-order valence-electron chi connectivity index (χ3n) is 1.67. The van der Waals surface area contributed by atoms with E-state index in [9.17, 15) is 9.59 Å². The molecule has 0 amide bonds. The van der Waals surface area contributed by atoms with Crippen molar-refractivity contribution in [1.82, 2.24) is 4.98 Å². The molecular formula is C8H8N2O4. The Kier molecular flexibility index (Phi) is 2.78. The van der Waals surface area contributed by atoms with Crippen LogP contribution in [-0.2, 0) is 6.54 Å². The van der Waals surface area contributed by atoms with E-state index in [0.29, 0.717) is 0 Å². The van der Waals surface area contributed by atoms with E-state index in [4.69, 9.17) is 15.9 Å². The second-order valence-corrected chi connectivity index (χ2v) is 2.51. The fourth-order valence-electron chi connectivity index (χ4n) is 1.07. The lowest BCUT2D eigenvalue weighted by Crippen LogP contribution is -2.15. The maximum absolute atomic E-state index is 10.7. The molecule has 0 unspecified atom stereocenters. The van der Waals surface area contributed by atoms with Gasteiger partial charge in [-0.05, 0) is 11.6 Å². The molecule has 0 saturated carbocycles. The third-order valence-corrected chi connectivity index (χ3v) is 1.67. The molecule has 0 aliphatic carbocycles. The molecule has 6 nitrogen and oxygen atoms in total. The van der Waals surface area contributed by atoms with Crippen molar-refractivity contribution in [3.63, 3.8) is 0 Å². The summed E-state index contributed by atoms with van der Waals surface area (Å²) in [7, 11) is 0. The topological polar surface area (TPSA) is 114 Å². The van der Waals surface area contributed by atoms with Crippen molar-refractivity contribution in [2.75, 3.05) is 0 Å². The number of hydrogen-bond donors (Lipinski definition) is 3. The van der Waals surface area contributed by atoms with Crippen LogP contribution in [0.15, 0.2) is 12.3 Å². The van der Waals surface area contributed by atoms with Crippen molar-refractivity contribution in [3.8, 4) is 0 Å². The van der Waals surface area contributed by atoms with E-state index in [0.717, 1.165) is 0 Å². The zero-order chi connectivity index (χ0) is 10.7. The van der Waals surface area contributed by atoms with E-state index in [2.05, 4.69) is 4.98 Å². The first-order valence-electron chi connectivity index (χ1n) is 3.72. The average Bonchev–Trinajstić information content (AvgIpc) is 2.16. The zero-order valence-corrected chi connectivity index (χ0v) is 7.10. The van der Waals surface area contributed by atoms with E-state index < -0.39 is 17.6 Å². The standard InChI is InChI=1S/C8H8N2O4/c9-3-4-1-2-10-6(8(13)14)5(4)7(11)12/h1-2H,3,9H2,(H,11,12)(H,13,14). The quantitative estimate of drug-likeness (QED) is 0.623. The minimum atomic E-state index is -1.38. The number of aromatic carboxylic acids is 2. The molecular weight excluding hydrogens is 188 g/mol. The van der Waals surface area contributed by atoms with Gasteiger partial charge in [0, 0.05) is 12.7 Å². The second kappa shape index (κ2) is 3.84. The fraction of sp³-hybridized carbons (Fsp3) is 0.125. The summed E-state index contributed by atoms with van der Waals surface area (Å²) in [5.41, 5.74) is 4.70. The Bertz CT molecular complexity index is 389. The molecule has 0 aliphatic heterocycles. The molecule has 6 heteroatoms. The van der Waals surface area contributed by atoms with Gasteiger partial charge in [0.2, 0.25) is 0 Å².